The molecular weight excluding hydrogens is 436 g/mol. The van der Waals surface area contributed by atoms with E-state index in [2.05, 4.69) is 67.5 Å². The molecule has 1 N–H and O–H groups in total. The molecule has 131 valence electrons. The Morgan fingerprint density at radius 3 is 2.38 bits per heavy atom. The summed E-state index contributed by atoms with van der Waals surface area (Å²) in [6, 6.07) is 8.10. The molecule has 0 saturated carbocycles. The fraction of sp³-hybridized carbons (Fsp3) is 0.389. The molecule has 1 aromatic carbocycles. The second-order valence-electron chi connectivity index (χ2n) is 7.18. The van der Waals surface area contributed by atoms with E-state index in [9.17, 15) is 4.79 Å². The molecule has 0 aliphatic heterocycles. The van der Waals surface area contributed by atoms with Gasteiger partial charge in [-0.2, -0.15) is 0 Å². The molecule has 0 unspecified atom stereocenters. The standard InChI is InChI=1S/C11H15NO.C5H5.C2H7Si.2ClH.Zr/c1-11(2,3)9-6-4-5-8(7-9)10(12)13;1-2-4-5-3-1;1-3-2;;;/h4-7H,1-3H3,(H2,12,13);1-3H,4H2;3H,1-2H3;2*1H;/q;;;;;+3/p-3. The van der Waals surface area contributed by atoms with Crippen molar-refractivity contribution in [1.29, 1.82) is 0 Å². The van der Waals surface area contributed by atoms with Crippen LogP contribution < -0.4 is 28.1 Å². The van der Waals surface area contributed by atoms with Gasteiger partial charge in [0.25, 0.3) is 0 Å². The van der Waals surface area contributed by atoms with E-state index in [1.807, 2.05) is 12.1 Å². The molecule has 24 heavy (non-hydrogen) atoms. The minimum atomic E-state index is -1.95. The molecule has 0 atom stereocenters. The van der Waals surface area contributed by atoms with Crippen molar-refractivity contribution in [2.75, 3.05) is 0 Å². The number of allylic oxidation sites excluding steroid dienone is 4. The summed E-state index contributed by atoms with van der Waals surface area (Å²) >= 11 is -1.95. The molecule has 6 heteroatoms. The van der Waals surface area contributed by atoms with Crippen LogP contribution in [0, 0.1) is 0 Å². The Bertz CT molecular complexity index is 624. The van der Waals surface area contributed by atoms with Crippen molar-refractivity contribution in [2.45, 2.75) is 45.7 Å². The number of nitrogens with one attached hydrogen (secondary N) is 1. The van der Waals surface area contributed by atoms with Gasteiger partial charge in [0.2, 0.25) is 0 Å². The number of carbonyl (C=O) groups is 1. The second kappa shape index (κ2) is 10.1. The fourth-order valence-electron chi connectivity index (χ4n) is 2.56. The Balaban J connectivity index is 0.00000264. The summed E-state index contributed by atoms with van der Waals surface area (Å²) in [7, 11) is 0. The maximum Gasteiger partial charge on any atom is -1.00 e. The molecule has 0 aromatic heterocycles. The molecule has 0 heterocycles. The fourth-order valence-corrected chi connectivity index (χ4v) is 16.1. The van der Waals surface area contributed by atoms with E-state index < -0.39 is 27.1 Å². The summed E-state index contributed by atoms with van der Waals surface area (Å²) in [6.07, 6.45) is 7.65. The predicted octanol–water partition coefficient (Wildman–Crippen LogP) is -1.92. The van der Waals surface area contributed by atoms with Crippen LogP contribution in [0.25, 0.3) is 0 Å². The summed E-state index contributed by atoms with van der Waals surface area (Å²) in [5.41, 5.74) is 2.10. The molecule has 1 aliphatic rings. The van der Waals surface area contributed by atoms with Crippen LogP contribution in [0.4, 0.5) is 0 Å². The van der Waals surface area contributed by atoms with Crippen LogP contribution in [0.15, 0.2) is 45.8 Å². The summed E-state index contributed by atoms with van der Waals surface area (Å²) in [6.45, 7) is 11.3. The minimum absolute atomic E-state index is 0. The van der Waals surface area contributed by atoms with Crippen molar-refractivity contribution in [2.24, 2.45) is 0 Å². The van der Waals surface area contributed by atoms with Crippen molar-refractivity contribution < 1.29 is 50.8 Å². The van der Waals surface area contributed by atoms with E-state index in [1.54, 1.807) is 3.28 Å². The van der Waals surface area contributed by atoms with Crippen molar-refractivity contribution in [3.8, 4) is 0 Å². The molecule has 0 saturated heterocycles. The first kappa shape index (κ1) is 23.9. The van der Waals surface area contributed by atoms with E-state index in [4.69, 9.17) is 0 Å². The Kier molecular flexibility index (Phi) is 10.0. The molecule has 2 nitrogen and oxygen atoms in total. The Morgan fingerprint density at radius 1 is 1.21 bits per heavy atom. The van der Waals surface area contributed by atoms with Gasteiger partial charge >= 0.3 is 144 Å². The molecule has 1 amide bonds. The topological polar surface area (TPSA) is 29.1 Å². The summed E-state index contributed by atoms with van der Waals surface area (Å²) < 4.78 is 5.01. The molecular formula is C18H26Cl2NOSiZr. The Hall–Kier alpha value is -0.150. The van der Waals surface area contributed by atoms with Gasteiger partial charge in [-0.1, -0.05) is 0 Å². The van der Waals surface area contributed by atoms with Crippen LogP contribution in [-0.4, -0.2) is 11.8 Å². The smallest absolute Gasteiger partial charge is 1.00 e. The number of carbonyl (C=O) groups excluding carboxylic acids is 1. The Labute approximate surface area is 167 Å². The van der Waals surface area contributed by atoms with Gasteiger partial charge in [-0.3, -0.25) is 0 Å². The number of rotatable bonds is 4. The van der Waals surface area contributed by atoms with Gasteiger partial charge in [-0.05, 0) is 0 Å². The van der Waals surface area contributed by atoms with Gasteiger partial charge in [0, 0.05) is 0 Å². The van der Waals surface area contributed by atoms with Crippen LogP contribution in [0.5, 0.6) is 0 Å². The average molecular weight is 463 g/mol. The quantitative estimate of drug-likeness (QED) is 0.520. The Morgan fingerprint density at radius 2 is 1.88 bits per heavy atom. The number of hydrogen-bond acceptors (Lipinski definition) is 1. The third-order valence-electron chi connectivity index (χ3n) is 3.93. The van der Waals surface area contributed by atoms with Gasteiger partial charge in [-0.25, -0.2) is 0 Å². The van der Waals surface area contributed by atoms with E-state index in [0.717, 1.165) is 12.0 Å². The van der Waals surface area contributed by atoms with Gasteiger partial charge in [0.1, 0.15) is 0 Å². The monoisotopic (exact) mass is 460 g/mol. The summed E-state index contributed by atoms with van der Waals surface area (Å²) in [5, 5.41) is 0. The molecule has 1 aliphatic carbocycles. The molecule has 0 bridgehead atoms. The first-order valence-electron chi connectivity index (χ1n) is 7.94. The largest absolute Gasteiger partial charge is 1.00 e. The average Bonchev–Trinajstić information content (AvgIpc) is 2.97. The van der Waals surface area contributed by atoms with E-state index in [1.165, 1.54) is 5.56 Å². The normalized spacial score (nSPS) is 13.0. The van der Waals surface area contributed by atoms with Crippen LogP contribution in [0.1, 0.15) is 43.1 Å². The summed E-state index contributed by atoms with van der Waals surface area (Å²) in [5.74, 6) is -0.674. The van der Waals surface area contributed by atoms with Crippen LogP contribution in [0.3, 0.4) is 0 Å². The van der Waals surface area contributed by atoms with Gasteiger partial charge < -0.3 is 24.8 Å². The number of amides is 1. The SMILES string of the molecule is C[SiH](C)[Zr+2]([NH]C(=O)c1cccc(C(C)(C)C)c1)[C]1=CC=CC1.[Cl-].[Cl-]. The van der Waals surface area contributed by atoms with Crippen molar-refractivity contribution in [3.05, 3.63) is 56.9 Å². The second-order valence-corrected chi connectivity index (χ2v) is 25.6. The number of hydrogen-bond donors (Lipinski definition) is 1. The number of benzene rings is 1. The molecule has 1 aromatic rings. The maximum absolute atomic E-state index is 12.7. The predicted molar refractivity (Wildman–Crippen MR) is 93.3 cm³/mol. The first-order chi connectivity index (χ1) is 10.3. The molecule has 0 spiro atoms. The molecule has 0 radical (unpaired) electrons. The molecule has 2 rings (SSSR count). The van der Waals surface area contributed by atoms with E-state index in [-0.39, 0.29) is 36.1 Å². The van der Waals surface area contributed by atoms with Gasteiger partial charge in [0.15, 0.2) is 0 Å². The van der Waals surface area contributed by atoms with Crippen LogP contribution in [0.2, 0.25) is 13.1 Å². The summed E-state index contributed by atoms with van der Waals surface area (Å²) in [4.78, 5) is 12.7. The zero-order valence-corrected chi connectivity index (χ0v) is 20.1. The van der Waals surface area contributed by atoms with Gasteiger partial charge in [-0.15, -0.1) is 0 Å². The van der Waals surface area contributed by atoms with E-state index in [0.29, 0.717) is 0 Å². The van der Waals surface area contributed by atoms with Crippen molar-refractivity contribution in [1.82, 2.24) is 3.26 Å². The number of halogens is 2. The van der Waals surface area contributed by atoms with E-state index >= 15 is 0 Å². The third-order valence-corrected chi connectivity index (χ3v) is 20.5. The molecule has 0 fully saturated rings. The zero-order chi connectivity index (χ0) is 16.3. The van der Waals surface area contributed by atoms with Crippen LogP contribution in [-0.2, 0) is 26.6 Å². The maximum atomic E-state index is 12.7. The zero-order valence-electron chi connectivity index (χ0n) is 15.0. The van der Waals surface area contributed by atoms with Crippen molar-refractivity contribution >= 4 is 11.8 Å². The minimum Gasteiger partial charge on any atom is -1.00 e. The van der Waals surface area contributed by atoms with Gasteiger partial charge in [0.05, 0.1) is 0 Å². The van der Waals surface area contributed by atoms with Crippen molar-refractivity contribution in [3.63, 3.8) is 0 Å². The van der Waals surface area contributed by atoms with Crippen LogP contribution >= 0.6 is 0 Å². The first-order valence-corrected chi connectivity index (χ1v) is 17.5. The third kappa shape index (κ3) is 6.29.